The minimum Gasteiger partial charge on any atom is -0.336 e. The second-order valence-corrected chi connectivity index (χ2v) is 9.56. The number of hydrogen-bond donors (Lipinski definition) is 2. The van der Waals surface area contributed by atoms with Gasteiger partial charge in [0.05, 0.1) is 17.8 Å². The molecule has 35 heavy (non-hydrogen) atoms. The van der Waals surface area contributed by atoms with Gasteiger partial charge < -0.3 is 15.5 Å². The molecule has 0 bridgehead atoms. The lowest BCUT2D eigenvalue weighted by Crippen LogP contribution is -2.39. The number of carbonyl (C=O) groups is 2. The van der Waals surface area contributed by atoms with Gasteiger partial charge in [0.2, 0.25) is 11.9 Å². The van der Waals surface area contributed by atoms with Gasteiger partial charge in [-0.3, -0.25) is 9.59 Å². The van der Waals surface area contributed by atoms with E-state index in [4.69, 9.17) is 16.6 Å². The molecule has 0 radical (unpaired) electrons. The van der Waals surface area contributed by atoms with E-state index in [0.29, 0.717) is 34.0 Å². The molecule has 1 aliphatic carbocycles. The fraction of sp³-hybridized carbons (Fsp3) is 0.333. The molecule has 8 heteroatoms. The van der Waals surface area contributed by atoms with E-state index in [-0.39, 0.29) is 18.2 Å². The van der Waals surface area contributed by atoms with E-state index < -0.39 is 0 Å². The van der Waals surface area contributed by atoms with E-state index in [9.17, 15) is 9.59 Å². The zero-order valence-corrected chi connectivity index (χ0v) is 20.4. The Morgan fingerprint density at radius 3 is 2.69 bits per heavy atom. The number of anilines is 3. The van der Waals surface area contributed by atoms with E-state index in [2.05, 4.69) is 22.5 Å². The lowest BCUT2D eigenvalue weighted by Gasteiger charge is -2.28. The molecule has 7 nitrogen and oxygen atoms in total. The first-order valence-electron chi connectivity index (χ1n) is 12.2. The van der Waals surface area contributed by atoms with Crippen molar-refractivity contribution in [2.45, 2.75) is 51.5 Å². The van der Waals surface area contributed by atoms with Crippen LogP contribution < -0.4 is 10.6 Å². The molecule has 0 saturated heterocycles. The van der Waals surface area contributed by atoms with Crippen LogP contribution in [0.4, 0.5) is 17.3 Å². The lowest BCUT2D eigenvalue weighted by molar-refractivity contribution is -0.115. The molecular formula is C27H28ClN5O2. The number of fused-ring (bicyclic) bond motifs is 3. The van der Waals surface area contributed by atoms with Crippen molar-refractivity contribution in [1.29, 1.82) is 0 Å². The first-order chi connectivity index (χ1) is 17.0. The Bertz CT molecular complexity index is 1250. The lowest BCUT2D eigenvalue weighted by atomic mass is 10.1. The van der Waals surface area contributed by atoms with Gasteiger partial charge in [-0.05, 0) is 61.7 Å². The third-order valence-corrected chi connectivity index (χ3v) is 6.84. The smallest absolute Gasteiger partial charge is 0.254 e. The van der Waals surface area contributed by atoms with Gasteiger partial charge in [-0.15, -0.1) is 0 Å². The first-order valence-corrected chi connectivity index (χ1v) is 12.5. The van der Waals surface area contributed by atoms with Crippen molar-refractivity contribution in [2.24, 2.45) is 0 Å². The van der Waals surface area contributed by atoms with Crippen LogP contribution in [0.1, 0.15) is 54.9 Å². The van der Waals surface area contributed by atoms with Crippen LogP contribution in [0.5, 0.6) is 0 Å². The minimum absolute atomic E-state index is 0.0963. The first kappa shape index (κ1) is 23.3. The Hall–Kier alpha value is -3.45. The summed E-state index contributed by atoms with van der Waals surface area (Å²) in [7, 11) is 0. The van der Waals surface area contributed by atoms with Crippen molar-refractivity contribution in [1.82, 2.24) is 14.9 Å². The third kappa shape index (κ3) is 5.00. The Balaban J connectivity index is 1.36. The molecule has 5 rings (SSSR count). The summed E-state index contributed by atoms with van der Waals surface area (Å²) in [5, 5.41) is 6.65. The van der Waals surface area contributed by atoms with E-state index >= 15 is 0 Å². The molecule has 2 aliphatic rings. The summed E-state index contributed by atoms with van der Waals surface area (Å²) in [6.07, 6.45) is 7.40. The van der Waals surface area contributed by atoms with Crippen molar-refractivity contribution >= 4 is 40.7 Å². The van der Waals surface area contributed by atoms with E-state index in [1.54, 1.807) is 18.3 Å². The molecule has 2 amide bonds. The van der Waals surface area contributed by atoms with Gasteiger partial charge >= 0.3 is 0 Å². The van der Waals surface area contributed by atoms with Gasteiger partial charge in [0.1, 0.15) is 0 Å². The maximum absolute atomic E-state index is 13.2. The second-order valence-electron chi connectivity index (χ2n) is 9.12. The number of aromatic nitrogens is 2. The standard InChI is InChI=1S/C27H28ClN5O2/c1-2-13-33(21-5-3-4-6-21)26(35)17-7-10-20(11-8-17)30-27-29-16-18-14-24(34)31-23-15-19(28)9-12-22(23)25(18)32-27/h7-12,15-16,21H,2-6,13-14H2,1H3,(H,31,34)(H,29,30,32). The number of amides is 2. The number of nitrogens with one attached hydrogen (secondary N) is 2. The molecule has 0 unspecified atom stereocenters. The van der Waals surface area contributed by atoms with E-state index in [1.807, 2.05) is 35.2 Å². The Morgan fingerprint density at radius 1 is 1.17 bits per heavy atom. The van der Waals surface area contributed by atoms with Crippen LogP contribution in [0.3, 0.4) is 0 Å². The highest BCUT2D eigenvalue weighted by Gasteiger charge is 2.27. The predicted octanol–water partition coefficient (Wildman–Crippen LogP) is 5.83. The predicted molar refractivity (Wildman–Crippen MR) is 138 cm³/mol. The highest BCUT2D eigenvalue weighted by Crippen LogP contribution is 2.35. The molecule has 2 N–H and O–H groups in total. The summed E-state index contributed by atoms with van der Waals surface area (Å²) < 4.78 is 0. The molecule has 3 aromatic rings. The van der Waals surface area contributed by atoms with Gasteiger partial charge in [-0.25, -0.2) is 9.97 Å². The molecular weight excluding hydrogens is 462 g/mol. The Labute approximate surface area is 209 Å². The Kier molecular flexibility index (Phi) is 6.68. The van der Waals surface area contributed by atoms with Crippen LogP contribution in [-0.2, 0) is 11.2 Å². The average Bonchev–Trinajstić information content (AvgIpc) is 3.34. The van der Waals surface area contributed by atoms with Gasteiger partial charge in [0.15, 0.2) is 0 Å². The van der Waals surface area contributed by atoms with Crippen molar-refractivity contribution in [3.05, 3.63) is 64.8 Å². The van der Waals surface area contributed by atoms with Crippen molar-refractivity contribution in [3.63, 3.8) is 0 Å². The normalized spacial score (nSPS) is 15.1. The fourth-order valence-corrected chi connectivity index (χ4v) is 5.09. The molecule has 0 atom stereocenters. The van der Waals surface area contributed by atoms with Crippen LogP contribution in [-0.4, -0.2) is 39.3 Å². The molecule has 1 fully saturated rings. The SMILES string of the molecule is CCCN(C(=O)c1ccc(Nc2ncc3c(n2)-c2ccc(Cl)cc2NC(=O)C3)cc1)C1CCCC1. The van der Waals surface area contributed by atoms with Crippen molar-refractivity contribution in [2.75, 3.05) is 17.2 Å². The van der Waals surface area contributed by atoms with Crippen LogP contribution in [0, 0.1) is 0 Å². The van der Waals surface area contributed by atoms with E-state index in [0.717, 1.165) is 42.6 Å². The highest BCUT2D eigenvalue weighted by atomic mass is 35.5. The van der Waals surface area contributed by atoms with Gasteiger partial charge in [0, 0.05) is 46.2 Å². The van der Waals surface area contributed by atoms with Crippen LogP contribution in [0.15, 0.2) is 48.7 Å². The van der Waals surface area contributed by atoms with Crippen LogP contribution in [0.25, 0.3) is 11.3 Å². The molecule has 1 saturated carbocycles. The largest absolute Gasteiger partial charge is 0.336 e. The van der Waals surface area contributed by atoms with Gasteiger partial charge in [-0.2, -0.15) is 0 Å². The average molecular weight is 490 g/mol. The summed E-state index contributed by atoms with van der Waals surface area (Å²) in [4.78, 5) is 36.7. The Morgan fingerprint density at radius 2 is 1.94 bits per heavy atom. The summed E-state index contributed by atoms with van der Waals surface area (Å²) in [6, 6.07) is 13.2. The van der Waals surface area contributed by atoms with Gasteiger partial charge in [0.25, 0.3) is 5.91 Å². The number of hydrogen-bond acceptors (Lipinski definition) is 5. The number of halogens is 1. The van der Waals surface area contributed by atoms with Crippen molar-refractivity contribution < 1.29 is 9.59 Å². The molecule has 180 valence electrons. The zero-order valence-electron chi connectivity index (χ0n) is 19.7. The van der Waals surface area contributed by atoms with Crippen molar-refractivity contribution in [3.8, 4) is 11.3 Å². The maximum Gasteiger partial charge on any atom is 0.254 e. The number of benzene rings is 2. The summed E-state index contributed by atoms with van der Waals surface area (Å²) in [6.45, 7) is 2.90. The third-order valence-electron chi connectivity index (χ3n) is 6.61. The number of nitrogens with zero attached hydrogens (tertiary/aromatic N) is 3. The molecule has 2 aromatic carbocycles. The highest BCUT2D eigenvalue weighted by molar-refractivity contribution is 6.31. The number of carbonyl (C=O) groups excluding carboxylic acids is 2. The maximum atomic E-state index is 13.2. The monoisotopic (exact) mass is 489 g/mol. The summed E-state index contributed by atoms with van der Waals surface area (Å²) in [5.74, 6) is 0.377. The van der Waals surface area contributed by atoms with Crippen LogP contribution >= 0.6 is 11.6 Å². The molecule has 1 aliphatic heterocycles. The second kappa shape index (κ2) is 10.0. The number of rotatable bonds is 6. The van der Waals surface area contributed by atoms with Crippen LogP contribution in [0.2, 0.25) is 5.02 Å². The molecule has 0 spiro atoms. The molecule has 2 heterocycles. The summed E-state index contributed by atoms with van der Waals surface area (Å²) in [5.41, 5.74) is 4.33. The van der Waals surface area contributed by atoms with Gasteiger partial charge in [-0.1, -0.05) is 31.4 Å². The fourth-order valence-electron chi connectivity index (χ4n) is 4.92. The zero-order chi connectivity index (χ0) is 24.4. The summed E-state index contributed by atoms with van der Waals surface area (Å²) >= 11 is 6.13. The molecule has 1 aromatic heterocycles. The van der Waals surface area contributed by atoms with E-state index in [1.165, 1.54) is 12.8 Å². The topological polar surface area (TPSA) is 87.2 Å². The quantitative estimate of drug-likeness (QED) is 0.455. The minimum atomic E-state index is -0.133.